The third-order valence-electron chi connectivity index (χ3n) is 4.82. The Labute approximate surface area is 185 Å². The van der Waals surface area contributed by atoms with Crippen molar-refractivity contribution in [3.05, 3.63) is 35.9 Å². The van der Waals surface area contributed by atoms with E-state index in [2.05, 4.69) is 15.5 Å². The van der Waals surface area contributed by atoms with Gasteiger partial charge in [0.15, 0.2) is 5.96 Å². The first-order chi connectivity index (χ1) is 13.0. The van der Waals surface area contributed by atoms with Crippen LogP contribution >= 0.6 is 24.0 Å². The molecule has 0 atom stereocenters. The molecule has 2 rings (SSSR count). The molecule has 0 radical (unpaired) electrons. The van der Waals surface area contributed by atoms with Crippen molar-refractivity contribution in [2.24, 2.45) is 10.9 Å². The van der Waals surface area contributed by atoms with Crippen LogP contribution in [-0.2, 0) is 16.1 Å². The summed E-state index contributed by atoms with van der Waals surface area (Å²) in [5.41, 5.74) is 1.13. The number of carbonyl (C=O) groups excluding carboxylic acids is 2. The molecule has 1 aromatic carbocycles. The summed E-state index contributed by atoms with van der Waals surface area (Å²) in [6.45, 7) is 2.45. The van der Waals surface area contributed by atoms with Crippen molar-refractivity contribution < 1.29 is 9.59 Å². The van der Waals surface area contributed by atoms with Gasteiger partial charge in [0, 0.05) is 40.7 Å². The molecule has 2 amide bonds. The number of nitrogens with one attached hydrogen (secondary N) is 2. The van der Waals surface area contributed by atoms with Crippen LogP contribution in [0.25, 0.3) is 0 Å². The molecule has 0 aliphatic carbocycles. The molecule has 1 aromatic rings. The lowest BCUT2D eigenvalue weighted by Gasteiger charge is -2.34. The van der Waals surface area contributed by atoms with Gasteiger partial charge in [-0.2, -0.15) is 0 Å². The molecule has 1 saturated heterocycles. The van der Waals surface area contributed by atoms with Crippen LogP contribution in [0.1, 0.15) is 24.8 Å². The first-order valence-corrected chi connectivity index (χ1v) is 9.47. The molecule has 1 aliphatic rings. The number of nitrogens with zero attached hydrogens (tertiary/aromatic N) is 3. The summed E-state index contributed by atoms with van der Waals surface area (Å²) in [6.07, 6.45) is 2.47. The highest BCUT2D eigenvalue weighted by Crippen LogP contribution is 2.20. The number of hydrogen-bond donors (Lipinski definition) is 2. The zero-order valence-electron chi connectivity index (χ0n) is 17.0. The maximum absolute atomic E-state index is 12.0. The van der Waals surface area contributed by atoms with Gasteiger partial charge in [-0.05, 0) is 24.3 Å². The lowest BCUT2D eigenvalue weighted by atomic mass is 9.93. The van der Waals surface area contributed by atoms with E-state index in [1.54, 1.807) is 26.0 Å². The summed E-state index contributed by atoms with van der Waals surface area (Å²) >= 11 is 0. The number of likely N-dealkylation sites (N-methyl/N-ethyl adjacent to an activating group) is 1. The van der Waals surface area contributed by atoms with E-state index in [0.29, 0.717) is 18.9 Å². The topological polar surface area (TPSA) is 77.0 Å². The van der Waals surface area contributed by atoms with Gasteiger partial charge in [-0.3, -0.25) is 9.59 Å². The van der Waals surface area contributed by atoms with Crippen LogP contribution < -0.4 is 10.6 Å². The van der Waals surface area contributed by atoms with Gasteiger partial charge in [0.1, 0.15) is 0 Å². The highest BCUT2D eigenvalue weighted by Gasteiger charge is 2.23. The van der Waals surface area contributed by atoms with E-state index >= 15 is 0 Å². The number of aliphatic imine (C=N–C) groups is 1. The van der Waals surface area contributed by atoms with Crippen molar-refractivity contribution in [3.63, 3.8) is 0 Å². The van der Waals surface area contributed by atoms with Gasteiger partial charge in [0.2, 0.25) is 11.8 Å². The van der Waals surface area contributed by atoms with Gasteiger partial charge < -0.3 is 20.4 Å². The number of likely N-dealkylation sites (tertiary alicyclic amines) is 1. The lowest BCUT2D eigenvalue weighted by Crippen LogP contribution is -2.48. The fourth-order valence-electron chi connectivity index (χ4n) is 3.04. The van der Waals surface area contributed by atoms with E-state index < -0.39 is 0 Å². The number of halogens is 1. The van der Waals surface area contributed by atoms with Crippen molar-refractivity contribution in [2.75, 3.05) is 40.8 Å². The summed E-state index contributed by atoms with van der Waals surface area (Å²) in [6, 6.07) is 10.1. The normalized spacial score (nSPS) is 14.8. The van der Waals surface area contributed by atoms with Gasteiger partial charge in [-0.1, -0.05) is 30.3 Å². The zero-order valence-corrected chi connectivity index (χ0v) is 19.3. The first-order valence-electron chi connectivity index (χ1n) is 9.47. The second kappa shape index (κ2) is 12.6. The van der Waals surface area contributed by atoms with Gasteiger partial charge >= 0.3 is 0 Å². The minimum absolute atomic E-state index is 0. The van der Waals surface area contributed by atoms with Crippen LogP contribution in [0.15, 0.2) is 35.3 Å². The van der Waals surface area contributed by atoms with E-state index in [4.69, 9.17) is 4.99 Å². The molecule has 28 heavy (non-hydrogen) atoms. The Kier molecular flexibility index (Phi) is 10.9. The molecule has 0 saturated carbocycles. The average molecular weight is 501 g/mol. The maximum atomic E-state index is 12.0. The van der Waals surface area contributed by atoms with E-state index in [1.165, 1.54) is 0 Å². The number of amides is 2. The third-order valence-corrected chi connectivity index (χ3v) is 4.82. The number of benzene rings is 1. The second-order valence-electron chi connectivity index (χ2n) is 7.07. The highest BCUT2D eigenvalue weighted by atomic mass is 127. The predicted octanol–water partition coefficient (Wildman–Crippen LogP) is 1.69. The molecule has 156 valence electrons. The molecule has 8 heteroatoms. The van der Waals surface area contributed by atoms with Crippen LogP contribution in [0.4, 0.5) is 0 Å². The molecule has 7 nitrogen and oxygen atoms in total. The molecule has 1 aliphatic heterocycles. The average Bonchev–Trinajstić information content (AvgIpc) is 2.69. The first kappa shape index (κ1) is 24.2. The minimum atomic E-state index is 0. The number of guanidine groups is 1. The van der Waals surface area contributed by atoms with E-state index in [0.717, 1.165) is 37.5 Å². The minimum Gasteiger partial charge on any atom is -0.359 e. The van der Waals surface area contributed by atoms with Crippen molar-refractivity contribution in [1.82, 2.24) is 20.4 Å². The molecule has 1 fully saturated rings. The van der Waals surface area contributed by atoms with E-state index in [-0.39, 0.29) is 42.3 Å². The van der Waals surface area contributed by atoms with Crippen molar-refractivity contribution in [2.45, 2.75) is 25.8 Å². The standard InChI is InChI=1S/C20H31N5O2.HI/c1-21-18(26)13-16-9-11-25(12-10-16)20(23-15-19(27)24(2)3)22-14-17-7-5-4-6-8-17;/h4-8,16H,9-15H2,1-3H3,(H,21,26)(H,22,23);1H. The van der Waals surface area contributed by atoms with Gasteiger partial charge in [0.05, 0.1) is 13.1 Å². The molecule has 0 aromatic heterocycles. The molecule has 0 bridgehead atoms. The van der Waals surface area contributed by atoms with Gasteiger partial charge in [-0.25, -0.2) is 4.99 Å². The Hall–Kier alpha value is -1.84. The van der Waals surface area contributed by atoms with Crippen LogP contribution in [0.3, 0.4) is 0 Å². The highest BCUT2D eigenvalue weighted by molar-refractivity contribution is 14.0. The fourth-order valence-corrected chi connectivity index (χ4v) is 3.04. The lowest BCUT2D eigenvalue weighted by molar-refractivity contribution is -0.127. The Morgan fingerprint density at radius 2 is 1.82 bits per heavy atom. The van der Waals surface area contributed by atoms with Crippen LogP contribution in [0.2, 0.25) is 0 Å². The number of rotatable bonds is 6. The Morgan fingerprint density at radius 3 is 2.39 bits per heavy atom. The largest absolute Gasteiger partial charge is 0.359 e. The van der Waals surface area contributed by atoms with Gasteiger partial charge in [0.25, 0.3) is 0 Å². The second-order valence-corrected chi connectivity index (χ2v) is 7.07. The predicted molar refractivity (Wildman–Crippen MR) is 123 cm³/mol. The summed E-state index contributed by atoms with van der Waals surface area (Å²) in [5.74, 6) is 1.27. The molecule has 1 heterocycles. The summed E-state index contributed by atoms with van der Waals surface area (Å²) < 4.78 is 0. The zero-order chi connectivity index (χ0) is 19.6. The van der Waals surface area contributed by atoms with Gasteiger partial charge in [-0.15, -0.1) is 24.0 Å². The molecular formula is C20H32IN5O2. The van der Waals surface area contributed by atoms with Crippen molar-refractivity contribution in [3.8, 4) is 0 Å². The number of hydrogen-bond acceptors (Lipinski definition) is 3. The smallest absolute Gasteiger partial charge is 0.241 e. The van der Waals surface area contributed by atoms with Crippen molar-refractivity contribution >= 4 is 41.8 Å². The summed E-state index contributed by atoms with van der Waals surface area (Å²) in [7, 11) is 5.17. The third kappa shape index (κ3) is 8.04. The molecule has 0 spiro atoms. The molecular weight excluding hydrogens is 469 g/mol. The maximum Gasteiger partial charge on any atom is 0.241 e. The number of carbonyl (C=O) groups is 2. The Morgan fingerprint density at radius 1 is 1.18 bits per heavy atom. The molecule has 2 N–H and O–H groups in total. The Balaban J connectivity index is 0.00000392. The monoisotopic (exact) mass is 501 g/mol. The Bertz CT molecular complexity index is 643. The van der Waals surface area contributed by atoms with Crippen molar-refractivity contribution in [1.29, 1.82) is 0 Å². The summed E-state index contributed by atoms with van der Waals surface area (Å²) in [4.78, 5) is 32.0. The SMILES string of the molecule is CNC(=O)CC1CCN(C(=NCc2ccccc2)NCC(=O)N(C)C)CC1.I. The van der Waals surface area contributed by atoms with Crippen LogP contribution in [0.5, 0.6) is 0 Å². The van der Waals surface area contributed by atoms with E-state index in [9.17, 15) is 9.59 Å². The fraction of sp³-hybridized carbons (Fsp3) is 0.550. The number of piperidine rings is 1. The van der Waals surface area contributed by atoms with E-state index in [1.807, 2.05) is 30.3 Å². The molecule has 0 unspecified atom stereocenters. The quantitative estimate of drug-likeness (QED) is 0.354. The van der Waals surface area contributed by atoms with Crippen LogP contribution in [0, 0.1) is 5.92 Å². The van der Waals surface area contributed by atoms with Crippen LogP contribution in [-0.4, -0.2) is 68.4 Å². The summed E-state index contributed by atoms with van der Waals surface area (Å²) in [5, 5.41) is 5.91.